The predicted molar refractivity (Wildman–Crippen MR) is 111 cm³/mol. The minimum Gasteiger partial charge on any atom is -0.325 e. The number of hydrogen-bond donors (Lipinski definition) is 1. The summed E-state index contributed by atoms with van der Waals surface area (Å²) < 4.78 is 1.63. The van der Waals surface area contributed by atoms with Crippen molar-refractivity contribution in [2.45, 2.75) is 49.1 Å². The molecular formula is C20H22N4OS2. The zero-order valence-electron chi connectivity index (χ0n) is 15.2. The van der Waals surface area contributed by atoms with Crippen LogP contribution >= 0.6 is 23.1 Å². The van der Waals surface area contributed by atoms with E-state index >= 15 is 0 Å². The van der Waals surface area contributed by atoms with E-state index in [0.717, 1.165) is 54.5 Å². The van der Waals surface area contributed by atoms with Crippen molar-refractivity contribution < 1.29 is 4.79 Å². The molecule has 140 valence electrons. The molecule has 0 bridgehead atoms. The molecule has 0 atom stereocenters. The highest BCUT2D eigenvalue weighted by molar-refractivity contribution is 8.01. The first-order valence-corrected chi connectivity index (χ1v) is 11.0. The van der Waals surface area contributed by atoms with Gasteiger partial charge in [0.25, 0.3) is 0 Å². The number of nitrogens with one attached hydrogen (secondary N) is 1. The normalized spacial score (nSPS) is 15.7. The Kier molecular flexibility index (Phi) is 5.31. The average molecular weight is 399 g/mol. The molecule has 0 spiro atoms. The Bertz CT molecular complexity index is 899. The zero-order valence-corrected chi connectivity index (χ0v) is 16.9. The van der Waals surface area contributed by atoms with E-state index < -0.39 is 4.75 Å². The maximum absolute atomic E-state index is 13.2. The molecule has 4 rings (SSSR count). The standard InChI is InChI=1S/C20H22N4OS2/c1-2-24-17(15-10-13-26-14-15)22-23-19(24)27-20(11-6-7-12-20)18(25)21-16-8-4-3-5-9-16/h3-5,8-10,13-14H,2,6-7,11-12H2,1H3,(H,21,25). The molecule has 1 aromatic carbocycles. The summed E-state index contributed by atoms with van der Waals surface area (Å²) in [5.41, 5.74) is 1.92. The molecular weight excluding hydrogens is 376 g/mol. The molecule has 27 heavy (non-hydrogen) atoms. The van der Waals surface area contributed by atoms with Gasteiger partial charge in [-0.05, 0) is 43.3 Å². The molecule has 0 saturated heterocycles. The SMILES string of the molecule is CCn1c(SC2(C(=O)Nc3ccccc3)CCCC2)nnc1-c1ccsc1. The van der Waals surface area contributed by atoms with Crippen LogP contribution in [0.5, 0.6) is 0 Å². The molecule has 3 aromatic rings. The summed E-state index contributed by atoms with van der Waals surface area (Å²) in [5.74, 6) is 0.941. The van der Waals surface area contributed by atoms with Gasteiger partial charge in [0.05, 0.1) is 0 Å². The summed E-state index contributed by atoms with van der Waals surface area (Å²) in [6.45, 7) is 2.87. The van der Waals surface area contributed by atoms with E-state index in [1.165, 1.54) is 0 Å². The number of nitrogens with zero attached hydrogens (tertiary/aromatic N) is 3. The number of carbonyl (C=O) groups is 1. The molecule has 1 fully saturated rings. The first kappa shape index (κ1) is 18.3. The van der Waals surface area contributed by atoms with Crippen molar-refractivity contribution in [3.63, 3.8) is 0 Å². The Hall–Kier alpha value is -2.12. The lowest BCUT2D eigenvalue weighted by Gasteiger charge is -2.26. The van der Waals surface area contributed by atoms with Crippen LogP contribution in [0.15, 0.2) is 52.3 Å². The molecule has 2 heterocycles. The highest BCUT2D eigenvalue weighted by atomic mass is 32.2. The molecule has 0 radical (unpaired) electrons. The summed E-state index contributed by atoms with van der Waals surface area (Å²) in [5, 5.41) is 16.9. The minimum atomic E-state index is -0.484. The maximum atomic E-state index is 13.2. The van der Waals surface area contributed by atoms with Crippen molar-refractivity contribution in [2.24, 2.45) is 0 Å². The third-order valence-electron chi connectivity index (χ3n) is 4.96. The highest BCUT2D eigenvalue weighted by Gasteiger charge is 2.43. The van der Waals surface area contributed by atoms with E-state index in [4.69, 9.17) is 0 Å². The van der Waals surface area contributed by atoms with Gasteiger partial charge in [-0.1, -0.05) is 42.8 Å². The van der Waals surface area contributed by atoms with Gasteiger partial charge in [-0.15, -0.1) is 10.2 Å². The summed E-state index contributed by atoms with van der Waals surface area (Å²) in [6.07, 6.45) is 3.85. The van der Waals surface area contributed by atoms with Crippen molar-refractivity contribution in [1.82, 2.24) is 14.8 Å². The molecule has 0 aliphatic heterocycles. The fourth-order valence-corrected chi connectivity index (χ4v) is 5.55. The van der Waals surface area contributed by atoms with Gasteiger partial charge in [0.1, 0.15) is 4.75 Å². The second-order valence-corrected chi connectivity index (χ2v) is 8.82. The smallest absolute Gasteiger partial charge is 0.241 e. The average Bonchev–Trinajstić information content (AvgIpc) is 3.44. The first-order chi connectivity index (χ1) is 13.2. The van der Waals surface area contributed by atoms with E-state index in [1.54, 1.807) is 23.1 Å². The Balaban J connectivity index is 1.61. The van der Waals surface area contributed by atoms with Crippen LogP contribution in [0.2, 0.25) is 0 Å². The van der Waals surface area contributed by atoms with E-state index in [1.807, 2.05) is 35.7 Å². The van der Waals surface area contributed by atoms with E-state index in [0.29, 0.717) is 0 Å². The minimum absolute atomic E-state index is 0.0685. The fourth-order valence-electron chi connectivity index (χ4n) is 3.52. The third kappa shape index (κ3) is 3.66. The van der Waals surface area contributed by atoms with Crippen molar-refractivity contribution >= 4 is 34.7 Å². The summed E-state index contributed by atoms with van der Waals surface area (Å²) >= 11 is 3.23. The van der Waals surface area contributed by atoms with Gasteiger partial charge in [0.2, 0.25) is 5.91 Å². The summed E-state index contributed by atoms with van der Waals surface area (Å²) in [7, 11) is 0. The fraction of sp³-hybridized carbons (Fsp3) is 0.350. The quantitative estimate of drug-likeness (QED) is 0.630. The van der Waals surface area contributed by atoms with Crippen LogP contribution in [-0.2, 0) is 11.3 Å². The van der Waals surface area contributed by atoms with Crippen LogP contribution in [0.3, 0.4) is 0 Å². The lowest BCUT2D eigenvalue weighted by Crippen LogP contribution is -2.37. The Labute approximate surface area is 167 Å². The van der Waals surface area contributed by atoms with Gasteiger partial charge in [0, 0.05) is 23.2 Å². The predicted octanol–water partition coefficient (Wildman–Crippen LogP) is 5.07. The van der Waals surface area contributed by atoms with Crippen molar-refractivity contribution in [3.05, 3.63) is 47.2 Å². The van der Waals surface area contributed by atoms with Gasteiger partial charge in [-0.25, -0.2) is 0 Å². The lowest BCUT2D eigenvalue weighted by atomic mass is 10.1. The molecule has 1 aliphatic rings. The number of anilines is 1. The summed E-state index contributed by atoms with van der Waals surface area (Å²) in [6, 6.07) is 11.7. The number of thiophene rings is 1. The molecule has 2 aromatic heterocycles. The van der Waals surface area contributed by atoms with Gasteiger partial charge in [0.15, 0.2) is 11.0 Å². The molecule has 1 saturated carbocycles. The summed E-state index contributed by atoms with van der Waals surface area (Å²) in [4.78, 5) is 13.2. The monoisotopic (exact) mass is 398 g/mol. The number of amides is 1. The van der Waals surface area contributed by atoms with E-state index in [9.17, 15) is 4.79 Å². The second kappa shape index (κ2) is 7.86. The van der Waals surface area contributed by atoms with Crippen molar-refractivity contribution in [2.75, 3.05) is 5.32 Å². The van der Waals surface area contributed by atoms with Crippen LogP contribution in [0, 0.1) is 0 Å². The van der Waals surface area contributed by atoms with Crippen LogP contribution in [0.4, 0.5) is 5.69 Å². The largest absolute Gasteiger partial charge is 0.325 e. The number of rotatable bonds is 6. The number of thioether (sulfide) groups is 1. The van der Waals surface area contributed by atoms with Crippen LogP contribution in [0.25, 0.3) is 11.4 Å². The third-order valence-corrected chi connectivity index (χ3v) is 7.11. The highest BCUT2D eigenvalue weighted by Crippen LogP contribution is 2.46. The van der Waals surface area contributed by atoms with Crippen LogP contribution < -0.4 is 5.32 Å². The van der Waals surface area contributed by atoms with Gasteiger partial charge < -0.3 is 9.88 Å². The molecule has 1 N–H and O–H groups in total. The lowest BCUT2D eigenvalue weighted by molar-refractivity contribution is -0.118. The Morgan fingerprint density at radius 1 is 1.22 bits per heavy atom. The van der Waals surface area contributed by atoms with Gasteiger partial charge in [-0.2, -0.15) is 11.3 Å². The number of benzene rings is 1. The van der Waals surface area contributed by atoms with Crippen LogP contribution in [-0.4, -0.2) is 25.4 Å². The number of hydrogen-bond acceptors (Lipinski definition) is 5. The number of para-hydroxylation sites is 1. The number of aromatic nitrogens is 3. The van der Waals surface area contributed by atoms with Crippen LogP contribution in [0.1, 0.15) is 32.6 Å². The maximum Gasteiger partial charge on any atom is 0.241 e. The Morgan fingerprint density at radius 3 is 2.67 bits per heavy atom. The second-order valence-electron chi connectivity index (χ2n) is 6.69. The Morgan fingerprint density at radius 2 is 2.00 bits per heavy atom. The molecule has 1 amide bonds. The topological polar surface area (TPSA) is 59.8 Å². The molecule has 7 heteroatoms. The number of carbonyl (C=O) groups excluding carboxylic acids is 1. The zero-order chi connectivity index (χ0) is 18.7. The van der Waals surface area contributed by atoms with Gasteiger partial charge >= 0.3 is 0 Å². The van der Waals surface area contributed by atoms with Crippen molar-refractivity contribution in [1.29, 1.82) is 0 Å². The van der Waals surface area contributed by atoms with E-state index in [2.05, 4.69) is 38.5 Å². The van der Waals surface area contributed by atoms with Crippen molar-refractivity contribution in [3.8, 4) is 11.4 Å². The van der Waals surface area contributed by atoms with E-state index in [-0.39, 0.29) is 5.91 Å². The molecule has 1 aliphatic carbocycles. The molecule has 5 nitrogen and oxygen atoms in total. The first-order valence-electron chi connectivity index (χ1n) is 9.23. The molecule has 0 unspecified atom stereocenters. The van der Waals surface area contributed by atoms with Gasteiger partial charge in [-0.3, -0.25) is 4.79 Å².